The van der Waals surface area contributed by atoms with Crippen LogP contribution in [0.15, 0.2) is 60.7 Å². The van der Waals surface area contributed by atoms with E-state index in [1.54, 1.807) is 0 Å². The van der Waals surface area contributed by atoms with Crippen LogP contribution >= 0.6 is 7.60 Å². The fourth-order valence-electron chi connectivity index (χ4n) is 4.58. The molecule has 0 spiro atoms. The summed E-state index contributed by atoms with van der Waals surface area (Å²) >= 11 is 0. The van der Waals surface area contributed by atoms with Gasteiger partial charge in [-0.25, -0.2) is 0 Å². The predicted octanol–water partition coefficient (Wildman–Crippen LogP) is 7.69. The highest BCUT2D eigenvalue weighted by Gasteiger charge is 2.42. The molecule has 0 bridgehead atoms. The van der Waals surface area contributed by atoms with Gasteiger partial charge in [0, 0.05) is 5.69 Å². The minimum atomic E-state index is -3.46. The Balaban J connectivity index is 1.66. The van der Waals surface area contributed by atoms with Gasteiger partial charge in [-0.05, 0) is 43.4 Å². The average molecular weight is 428 g/mol. The maximum atomic E-state index is 14.5. The number of hydrogen-bond donors (Lipinski definition) is 1. The Hall–Kier alpha value is -1.61. The molecule has 2 aromatic carbocycles. The van der Waals surface area contributed by atoms with Crippen molar-refractivity contribution in [2.24, 2.45) is 0 Å². The van der Waals surface area contributed by atoms with Crippen molar-refractivity contribution in [1.29, 1.82) is 0 Å². The Morgan fingerprint density at radius 3 is 1.67 bits per heavy atom. The van der Waals surface area contributed by atoms with Gasteiger partial charge in [0.1, 0.15) is 0 Å². The summed E-state index contributed by atoms with van der Waals surface area (Å²) in [5.74, 6) is -0.523. The maximum absolute atomic E-state index is 14.5. The molecule has 5 heteroatoms. The van der Waals surface area contributed by atoms with Crippen molar-refractivity contribution in [3.8, 4) is 0 Å². The van der Waals surface area contributed by atoms with E-state index in [-0.39, 0.29) is 12.2 Å². The fourth-order valence-corrected chi connectivity index (χ4v) is 6.97. The van der Waals surface area contributed by atoms with Crippen LogP contribution in [0.4, 0.5) is 5.69 Å². The molecule has 0 aromatic heterocycles. The van der Waals surface area contributed by atoms with Crippen LogP contribution in [0.1, 0.15) is 75.6 Å². The van der Waals surface area contributed by atoms with E-state index in [2.05, 4.69) is 5.32 Å². The van der Waals surface area contributed by atoms with Crippen molar-refractivity contribution >= 4 is 13.3 Å². The van der Waals surface area contributed by atoms with Gasteiger partial charge in [0.2, 0.25) is 0 Å². The van der Waals surface area contributed by atoms with E-state index in [0.717, 1.165) is 62.6 Å². The number of benzene rings is 2. The van der Waals surface area contributed by atoms with Crippen LogP contribution in [-0.2, 0) is 13.6 Å². The highest BCUT2D eigenvalue weighted by atomic mass is 31.2. The SMILES string of the molecule is O=P(OC1CCCCC1)(OC1CCCCC1)[C@@H](Nc1ccccc1)c1ccccc1. The summed E-state index contributed by atoms with van der Waals surface area (Å²) in [6.07, 6.45) is 10.9. The molecule has 0 amide bonds. The molecule has 2 aromatic rings. The Morgan fingerprint density at radius 2 is 1.17 bits per heavy atom. The minimum absolute atomic E-state index is 0.0111. The third kappa shape index (κ3) is 5.75. The summed E-state index contributed by atoms with van der Waals surface area (Å²) < 4.78 is 27.4. The van der Waals surface area contributed by atoms with Gasteiger partial charge in [0.25, 0.3) is 0 Å². The molecule has 0 unspecified atom stereocenters. The van der Waals surface area contributed by atoms with Crippen LogP contribution in [0.2, 0.25) is 0 Å². The standard InChI is InChI=1S/C25H34NO3P/c27-30(28-23-17-9-3-10-18-23,29-24-19-11-4-12-20-24)25(21-13-5-1-6-14-21)26-22-15-7-2-8-16-22/h1-2,5-8,13-16,23-26H,3-4,9-12,17-20H2/t25-/m1/s1. The molecular weight excluding hydrogens is 393 g/mol. The fraction of sp³-hybridized carbons (Fsp3) is 0.520. The van der Waals surface area contributed by atoms with Gasteiger partial charge >= 0.3 is 7.60 Å². The lowest BCUT2D eigenvalue weighted by molar-refractivity contribution is 0.0758. The highest BCUT2D eigenvalue weighted by molar-refractivity contribution is 7.54. The lowest BCUT2D eigenvalue weighted by Gasteiger charge is -2.36. The number of nitrogens with one attached hydrogen (secondary N) is 1. The van der Waals surface area contributed by atoms with Gasteiger partial charge in [0.15, 0.2) is 5.78 Å². The van der Waals surface area contributed by atoms with E-state index in [9.17, 15) is 4.57 Å². The molecule has 30 heavy (non-hydrogen) atoms. The molecule has 1 atom stereocenters. The highest BCUT2D eigenvalue weighted by Crippen LogP contribution is 2.63. The van der Waals surface area contributed by atoms with Gasteiger partial charge in [-0.2, -0.15) is 0 Å². The Labute approximate surface area is 180 Å². The van der Waals surface area contributed by atoms with E-state index >= 15 is 0 Å². The van der Waals surface area contributed by atoms with E-state index < -0.39 is 13.4 Å². The zero-order chi connectivity index (χ0) is 20.7. The van der Waals surface area contributed by atoms with Crippen molar-refractivity contribution in [3.63, 3.8) is 0 Å². The number of hydrogen-bond acceptors (Lipinski definition) is 4. The van der Waals surface area contributed by atoms with Crippen molar-refractivity contribution in [2.45, 2.75) is 82.2 Å². The molecular formula is C25H34NO3P. The quantitative estimate of drug-likeness (QED) is 0.439. The second-order valence-electron chi connectivity index (χ2n) is 8.59. The second kappa shape index (κ2) is 10.6. The monoisotopic (exact) mass is 427 g/mol. The lowest BCUT2D eigenvalue weighted by Crippen LogP contribution is -2.25. The molecule has 2 aliphatic carbocycles. The summed E-state index contributed by atoms with van der Waals surface area (Å²) in [4.78, 5) is 0. The van der Waals surface area contributed by atoms with Gasteiger partial charge in [-0.3, -0.25) is 4.57 Å². The average Bonchev–Trinajstić information content (AvgIpc) is 2.80. The molecule has 4 nitrogen and oxygen atoms in total. The molecule has 2 saturated carbocycles. The first kappa shape index (κ1) is 21.6. The number of para-hydroxylation sites is 1. The largest absolute Gasteiger partial charge is 0.368 e. The molecule has 2 aliphatic rings. The molecule has 0 saturated heterocycles. The lowest BCUT2D eigenvalue weighted by atomic mass is 9.98. The Morgan fingerprint density at radius 1 is 0.700 bits per heavy atom. The van der Waals surface area contributed by atoms with Gasteiger partial charge in [-0.1, -0.05) is 87.1 Å². The topological polar surface area (TPSA) is 47.6 Å². The van der Waals surface area contributed by atoms with Crippen molar-refractivity contribution in [3.05, 3.63) is 66.2 Å². The maximum Gasteiger partial charge on any atom is 0.357 e. The molecule has 0 heterocycles. The van der Waals surface area contributed by atoms with Crippen molar-refractivity contribution in [2.75, 3.05) is 5.32 Å². The zero-order valence-electron chi connectivity index (χ0n) is 17.7. The van der Waals surface area contributed by atoms with Gasteiger partial charge < -0.3 is 14.4 Å². The first-order valence-electron chi connectivity index (χ1n) is 11.6. The predicted molar refractivity (Wildman–Crippen MR) is 123 cm³/mol. The summed E-state index contributed by atoms with van der Waals surface area (Å²) in [5, 5.41) is 3.50. The van der Waals surface area contributed by atoms with Crippen molar-refractivity contribution < 1.29 is 13.6 Å². The molecule has 1 N–H and O–H groups in total. The van der Waals surface area contributed by atoms with Crippen LogP contribution in [0.3, 0.4) is 0 Å². The van der Waals surface area contributed by atoms with E-state index in [4.69, 9.17) is 9.05 Å². The third-order valence-corrected chi connectivity index (χ3v) is 8.45. The summed E-state index contributed by atoms with van der Waals surface area (Å²) in [5.41, 5.74) is 1.86. The van der Waals surface area contributed by atoms with Crippen LogP contribution in [0.5, 0.6) is 0 Å². The van der Waals surface area contributed by atoms with E-state index in [1.165, 1.54) is 12.8 Å². The number of rotatable bonds is 8. The second-order valence-corrected chi connectivity index (χ2v) is 10.6. The molecule has 4 rings (SSSR count). The Bertz CT molecular complexity index is 778. The van der Waals surface area contributed by atoms with Crippen LogP contribution in [0, 0.1) is 0 Å². The first-order valence-corrected chi connectivity index (χ1v) is 13.2. The van der Waals surface area contributed by atoms with E-state index in [1.807, 2.05) is 60.7 Å². The molecule has 2 fully saturated rings. The summed E-state index contributed by atoms with van der Waals surface area (Å²) in [6, 6.07) is 19.9. The van der Waals surface area contributed by atoms with Crippen LogP contribution in [0.25, 0.3) is 0 Å². The smallest absolute Gasteiger partial charge is 0.357 e. The van der Waals surface area contributed by atoms with Crippen LogP contribution in [-0.4, -0.2) is 12.2 Å². The van der Waals surface area contributed by atoms with Crippen molar-refractivity contribution in [1.82, 2.24) is 0 Å². The normalized spacial score (nSPS) is 20.0. The summed E-state index contributed by atoms with van der Waals surface area (Å²) in [7, 11) is -3.46. The summed E-state index contributed by atoms with van der Waals surface area (Å²) in [6.45, 7) is 0. The molecule has 162 valence electrons. The van der Waals surface area contributed by atoms with Gasteiger partial charge in [0.05, 0.1) is 12.2 Å². The molecule has 0 aliphatic heterocycles. The first-order chi connectivity index (χ1) is 14.7. The Kier molecular flexibility index (Phi) is 7.65. The number of anilines is 1. The minimum Gasteiger partial charge on any atom is -0.368 e. The third-order valence-electron chi connectivity index (χ3n) is 6.21. The van der Waals surface area contributed by atoms with Gasteiger partial charge in [-0.15, -0.1) is 0 Å². The van der Waals surface area contributed by atoms with E-state index in [0.29, 0.717) is 0 Å². The van der Waals surface area contributed by atoms with Crippen LogP contribution < -0.4 is 5.32 Å². The molecule has 0 radical (unpaired) electrons. The zero-order valence-corrected chi connectivity index (χ0v) is 18.6.